The largest absolute Gasteiger partial charge is 0.340 e. The van der Waals surface area contributed by atoms with Crippen molar-refractivity contribution in [1.29, 1.82) is 5.26 Å². The first-order valence-electron chi connectivity index (χ1n) is 8.38. The van der Waals surface area contributed by atoms with Crippen LogP contribution in [0, 0.1) is 18.3 Å². The molecule has 1 amide bonds. The van der Waals surface area contributed by atoms with Gasteiger partial charge in [0.1, 0.15) is 5.69 Å². The fourth-order valence-electron chi connectivity index (χ4n) is 2.93. The summed E-state index contributed by atoms with van der Waals surface area (Å²) in [6.07, 6.45) is 0.513. The number of sulfone groups is 1. The summed E-state index contributed by atoms with van der Waals surface area (Å²) in [5.74, 6) is 0.0944. The quantitative estimate of drug-likeness (QED) is 0.848. The van der Waals surface area contributed by atoms with Crippen LogP contribution < -0.4 is 10.2 Å². The standard InChI is InChI=1S/C18H19N5O3S/c1-12-8-16(17(24)21-14-5-3-4-13(9-14)10-19)22-18(20-12)23(2)15-6-7-27(25,26)11-15/h3-5,8-9,15H,6-7,11H2,1-2H3,(H,21,24). The zero-order chi connectivity index (χ0) is 19.6. The minimum atomic E-state index is -3.04. The molecule has 2 heterocycles. The van der Waals surface area contributed by atoms with Crippen LogP contribution in [-0.2, 0) is 9.84 Å². The van der Waals surface area contributed by atoms with Gasteiger partial charge in [0.2, 0.25) is 5.95 Å². The van der Waals surface area contributed by atoms with Crippen LogP contribution in [-0.4, -0.2) is 48.9 Å². The highest BCUT2D eigenvalue weighted by atomic mass is 32.2. The van der Waals surface area contributed by atoms with Crippen LogP contribution in [0.2, 0.25) is 0 Å². The number of rotatable bonds is 4. The molecular weight excluding hydrogens is 366 g/mol. The number of benzene rings is 1. The molecule has 1 aliphatic heterocycles. The minimum Gasteiger partial charge on any atom is -0.340 e. The van der Waals surface area contributed by atoms with E-state index in [1.54, 1.807) is 49.2 Å². The van der Waals surface area contributed by atoms with Crippen LogP contribution in [0.3, 0.4) is 0 Å². The molecule has 1 unspecified atom stereocenters. The molecule has 0 saturated carbocycles. The van der Waals surface area contributed by atoms with Crippen molar-refractivity contribution in [3.63, 3.8) is 0 Å². The number of carbonyl (C=O) groups excluding carboxylic acids is 1. The van der Waals surface area contributed by atoms with E-state index < -0.39 is 15.7 Å². The lowest BCUT2D eigenvalue weighted by Gasteiger charge is -2.23. The molecule has 0 radical (unpaired) electrons. The second-order valence-electron chi connectivity index (χ2n) is 6.51. The number of nitrogens with one attached hydrogen (secondary N) is 1. The molecule has 1 fully saturated rings. The number of hydrogen-bond acceptors (Lipinski definition) is 7. The van der Waals surface area contributed by atoms with E-state index in [0.717, 1.165) is 0 Å². The van der Waals surface area contributed by atoms with Crippen molar-refractivity contribution in [2.75, 3.05) is 28.8 Å². The van der Waals surface area contributed by atoms with Gasteiger partial charge in [-0.05, 0) is 37.6 Å². The Hall–Kier alpha value is -2.99. The molecule has 9 heteroatoms. The molecule has 1 N–H and O–H groups in total. The predicted molar refractivity (Wildman–Crippen MR) is 101 cm³/mol. The molecule has 1 aromatic heterocycles. The Bertz CT molecular complexity index is 1030. The van der Waals surface area contributed by atoms with Gasteiger partial charge in [-0.25, -0.2) is 18.4 Å². The van der Waals surface area contributed by atoms with Crippen molar-refractivity contribution in [1.82, 2.24) is 9.97 Å². The van der Waals surface area contributed by atoms with E-state index in [4.69, 9.17) is 5.26 Å². The number of amides is 1. The first-order valence-corrected chi connectivity index (χ1v) is 10.2. The van der Waals surface area contributed by atoms with Crippen LogP contribution in [0.25, 0.3) is 0 Å². The molecule has 140 valence electrons. The number of aryl methyl sites for hydroxylation is 1. The molecule has 0 aliphatic carbocycles. The van der Waals surface area contributed by atoms with Gasteiger partial charge in [0.15, 0.2) is 9.84 Å². The van der Waals surface area contributed by atoms with Gasteiger partial charge >= 0.3 is 0 Å². The second-order valence-corrected chi connectivity index (χ2v) is 8.74. The Kier molecular flexibility index (Phi) is 5.10. The summed E-state index contributed by atoms with van der Waals surface area (Å²) in [4.78, 5) is 22.9. The molecular formula is C18H19N5O3S. The Morgan fingerprint density at radius 3 is 2.78 bits per heavy atom. The molecule has 2 aromatic rings. The highest BCUT2D eigenvalue weighted by Crippen LogP contribution is 2.21. The minimum absolute atomic E-state index is 0.0588. The van der Waals surface area contributed by atoms with Crippen molar-refractivity contribution >= 4 is 27.4 Å². The van der Waals surface area contributed by atoms with E-state index in [2.05, 4.69) is 15.3 Å². The summed E-state index contributed by atoms with van der Waals surface area (Å²) in [6.45, 7) is 1.75. The number of nitrogens with zero attached hydrogens (tertiary/aromatic N) is 4. The molecule has 1 aromatic carbocycles. The average Bonchev–Trinajstić information content (AvgIpc) is 3.00. The summed E-state index contributed by atoms with van der Waals surface area (Å²) in [7, 11) is -1.30. The van der Waals surface area contributed by atoms with Gasteiger partial charge in [0.25, 0.3) is 5.91 Å². The van der Waals surface area contributed by atoms with Crippen LogP contribution >= 0.6 is 0 Å². The Morgan fingerprint density at radius 2 is 2.11 bits per heavy atom. The Labute approximate surface area is 157 Å². The van der Waals surface area contributed by atoms with E-state index in [1.807, 2.05) is 6.07 Å². The monoisotopic (exact) mass is 385 g/mol. The average molecular weight is 385 g/mol. The van der Waals surface area contributed by atoms with Gasteiger partial charge in [-0.1, -0.05) is 6.07 Å². The predicted octanol–water partition coefficient (Wildman–Crippen LogP) is 1.53. The number of anilines is 2. The van der Waals surface area contributed by atoms with Gasteiger partial charge in [-0.3, -0.25) is 4.79 Å². The maximum atomic E-state index is 12.6. The van der Waals surface area contributed by atoms with Crippen LogP contribution in [0.1, 0.15) is 28.2 Å². The molecule has 27 heavy (non-hydrogen) atoms. The molecule has 0 spiro atoms. The lowest BCUT2D eigenvalue weighted by atomic mass is 10.2. The molecule has 1 aliphatic rings. The van der Waals surface area contributed by atoms with Crippen LogP contribution in [0.5, 0.6) is 0 Å². The third-order valence-electron chi connectivity index (χ3n) is 4.40. The van der Waals surface area contributed by atoms with Gasteiger partial charge in [-0.15, -0.1) is 0 Å². The lowest BCUT2D eigenvalue weighted by Crippen LogP contribution is -2.34. The Morgan fingerprint density at radius 1 is 1.33 bits per heavy atom. The summed E-state index contributed by atoms with van der Waals surface area (Å²) < 4.78 is 23.4. The first kappa shape index (κ1) is 18.8. The van der Waals surface area contributed by atoms with E-state index in [0.29, 0.717) is 29.3 Å². The molecule has 1 saturated heterocycles. The zero-order valence-electron chi connectivity index (χ0n) is 15.0. The van der Waals surface area contributed by atoms with Gasteiger partial charge in [-0.2, -0.15) is 5.26 Å². The summed E-state index contributed by atoms with van der Waals surface area (Å²) in [5, 5.41) is 11.7. The maximum Gasteiger partial charge on any atom is 0.274 e. The van der Waals surface area contributed by atoms with Crippen molar-refractivity contribution in [3.05, 3.63) is 47.3 Å². The van der Waals surface area contributed by atoms with E-state index in [1.165, 1.54) is 0 Å². The van der Waals surface area contributed by atoms with E-state index >= 15 is 0 Å². The molecule has 0 bridgehead atoms. The van der Waals surface area contributed by atoms with Crippen molar-refractivity contribution in [2.45, 2.75) is 19.4 Å². The summed E-state index contributed by atoms with van der Waals surface area (Å²) in [5.41, 5.74) is 1.71. The van der Waals surface area contributed by atoms with Gasteiger partial charge in [0, 0.05) is 24.5 Å². The van der Waals surface area contributed by atoms with Crippen molar-refractivity contribution < 1.29 is 13.2 Å². The van der Waals surface area contributed by atoms with Crippen molar-refractivity contribution in [2.24, 2.45) is 0 Å². The van der Waals surface area contributed by atoms with Crippen molar-refractivity contribution in [3.8, 4) is 6.07 Å². The Balaban J connectivity index is 1.82. The summed E-state index contributed by atoms with van der Waals surface area (Å²) >= 11 is 0. The lowest BCUT2D eigenvalue weighted by molar-refractivity contribution is 0.102. The van der Waals surface area contributed by atoms with Crippen LogP contribution in [0.4, 0.5) is 11.6 Å². The normalized spacial score (nSPS) is 17.9. The number of hydrogen-bond donors (Lipinski definition) is 1. The zero-order valence-corrected chi connectivity index (χ0v) is 15.8. The maximum absolute atomic E-state index is 12.6. The fraction of sp³-hybridized carbons (Fsp3) is 0.333. The first-order chi connectivity index (χ1) is 12.8. The third kappa shape index (κ3) is 4.41. The topological polar surface area (TPSA) is 116 Å². The highest BCUT2D eigenvalue weighted by Gasteiger charge is 2.32. The fourth-order valence-corrected chi connectivity index (χ4v) is 4.71. The van der Waals surface area contributed by atoms with Gasteiger partial charge in [0.05, 0.1) is 23.1 Å². The SMILES string of the molecule is Cc1cc(C(=O)Nc2cccc(C#N)c2)nc(N(C)C2CCS(=O)(=O)C2)n1. The highest BCUT2D eigenvalue weighted by molar-refractivity contribution is 7.91. The van der Waals surface area contributed by atoms with E-state index in [-0.39, 0.29) is 23.2 Å². The number of carbonyl (C=O) groups is 1. The number of aromatic nitrogens is 2. The number of nitriles is 1. The molecule has 3 rings (SSSR count). The van der Waals surface area contributed by atoms with Crippen LogP contribution in [0.15, 0.2) is 30.3 Å². The molecule has 8 nitrogen and oxygen atoms in total. The second kappa shape index (κ2) is 7.32. The smallest absolute Gasteiger partial charge is 0.274 e. The third-order valence-corrected chi connectivity index (χ3v) is 6.15. The molecule has 1 atom stereocenters. The van der Waals surface area contributed by atoms with Gasteiger partial charge < -0.3 is 10.2 Å². The summed E-state index contributed by atoms with van der Waals surface area (Å²) in [6, 6.07) is 9.95. The van der Waals surface area contributed by atoms with E-state index in [9.17, 15) is 13.2 Å².